The molecule has 23 heavy (non-hydrogen) atoms. The van der Waals surface area contributed by atoms with E-state index in [9.17, 15) is 4.79 Å². The van der Waals surface area contributed by atoms with Gasteiger partial charge in [-0.1, -0.05) is 30.3 Å². The van der Waals surface area contributed by atoms with Crippen molar-refractivity contribution in [1.29, 1.82) is 0 Å². The summed E-state index contributed by atoms with van der Waals surface area (Å²) in [6.45, 7) is 4.38. The van der Waals surface area contributed by atoms with Crippen LogP contribution < -0.4 is 4.74 Å². The fraction of sp³-hybridized carbons (Fsp3) is 0.222. The van der Waals surface area contributed by atoms with Crippen molar-refractivity contribution in [2.75, 3.05) is 6.61 Å². The van der Waals surface area contributed by atoms with Gasteiger partial charge < -0.3 is 9.47 Å². The maximum absolute atomic E-state index is 12.1. The summed E-state index contributed by atoms with van der Waals surface area (Å²) in [5, 5.41) is 4.34. The van der Waals surface area contributed by atoms with Gasteiger partial charge in [0.2, 0.25) is 0 Å². The van der Waals surface area contributed by atoms with E-state index in [1.54, 1.807) is 24.6 Å². The molecular weight excluding hydrogens is 292 g/mol. The SMILES string of the molecule is CCOC(=O)c1c(C)nn2ccc(OCc3ccccc3)cc12. The Balaban J connectivity index is 1.88. The van der Waals surface area contributed by atoms with Gasteiger partial charge in [-0.15, -0.1) is 0 Å². The molecule has 0 bridgehead atoms. The topological polar surface area (TPSA) is 52.8 Å². The fourth-order valence-electron chi connectivity index (χ4n) is 2.43. The second kappa shape index (κ2) is 6.52. The molecule has 1 aromatic carbocycles. The van der Waals surface area contributed by atoms with Crippen molar-refractivity contribution in [2.45, 2.75) is 20.5 Å². The highest BCUT2D eigenvalue weighted by atomic mass is 16.5. The molecule has 0 spiro atoms. The molecule has 0 radical (unpaired) electrons. The Labute approximate surface area is 134 Å². The van der Waals surface area contributed by atoms with Crippen LogP contribution in [0.3, 0.4) is 0 Å². The average molecular weight is 310 g/mol. The Kier molecular flexibility index (Phi) is 4.28. The zero-order chi connectivity index (χ0) is 16.2. The minimum atomic E-state index is -0.361. The summed E-state index contributed by atoms with van der Waals surface area (Å²) in [6.07, 6.45) is 1.78. The Bertz CT molecular complexity index is 825. The fourth-order valence-corrected chi connectivity index (χ4v) is 2.43. The standard InChI is InChI=1S/C18H18N2O3/c1-3-22-18(21)17-13(2)19-20-10-9-15(11-16(17)20)23-12-14-7-5-4-6-8-14/h4-11H,3,12H2,1-2H3. The number of rotatable bonds is 5. The van der Waals surface area contributed by atoms with Gasteiger partial charge in [0.1, 0.15) is 17.9 Å². The number of hydrogen-bond donors (Lipinski definition) is 0. The molecule has 0 fully saturated rings. The minimum absolute atomic E-state index is 0.333. The van der Waals surface area contributed by atoms with E-state index in [0.717, 1.165) is 5.56 Å². The number of benzene rings is 1. The van der Waals surface area contributed by atoms with Crippen molar-refractivity contribution in [1.82, 2.24) is 9.61 Å². The molecule has 0 aliphatic rings. The van der Waals surface area contributed by atoms with E-state index in [-0.39, 0.29) is 5.97 Å². The average Bonchev–Trinajstić information content (AvgIpc) is 2.89. The predicted molar refractivity (Wildman–Crippen MR) is 86.7 cm³/mol. The smallest absolute Gasteiger partial charge is 0.342 e. The molecule has 0 N–H and O–H groups in total. The first-order chi connectivity index (χ1) is 11.2. The summed E-state index contributed by atoms with van der Waals surface area (Å²) in [7, 11) is 0. The largest absolute Gasteiger partial charge is 0.489 e. The van der Waals surface area contributed by atoms with Crippen LogP contribution in [0.4, 0.5) is 0 Å². The van der Waals surface area contributed by atoms with Crippen LogP contribution in [0, 0.1) is 6.92 Å². The van der Waals surface area contributed by atoms with Crippen LogP contribution in [0.5, 0.6) is 5.75 Å². The van der Waals surface area contributed by atoms with E-state index in [1.807, 2.05) is 42.5 Å². The number of aromatic nitrogens is 2. The first kappa shape index (κ1) is 15.1. The number of fused-ring (bicyclic) bond motifs is 1. The van der Waals surface area contributed by atoms with Gasteiger partial charge in [-0.3, -0.25) is 0 Å². The lowest BCUT2D eigenvalue weighted by molar-refractivity contribution is 0.0528. The van der Waals surface area contributed by atoms with Crippen molar-refractivity contribution in [2.24, 2.45) is 0 Å². The Morgan fingerprint density at radius 2 is 2.00 bits per heavy atom. The second-order valence-corrected chi connectivity index (χ2v) is 5.15. The predicted octanol–water partition coefficient (Wildman–Crippen LogP) is 3.40. The van der Waals surface area contributed by atoms with E-state index in [4.69, 9.17) is 9.47 Å². The third-order valence-corrected chi connectivity index (χ3v) is 3.51. The summed E-state index contributed by atoms with van der Waals surface area (Å²) in [4.78, 5) is 12.1. The van der Waals surface area contributed by atoms with Crippen LogP contribution in [-0.2, 0) is 11.3 Å². The van der Waals surface area contributed by atoms with Crippen molar-refractivity contribution < 1.29 is 14.3 Å². The molecule has 0 saturated heterocycles. The number of aryl methyl sites for hydroxylation is 1. The summed E-state index contributed by atoms with van der Waals surface area (Å²) in [6, 6.07) is 13.6. The minimum Gasteiger partial charge on any atom is -0.489 e. The Morgan fingerprint density at radius 1 is 1.22 bits per heavy atom. The van der Waals surface area contributed by atoms with Crippen LogP contribution in [-0.4, -0.2) is 22.2 Å². The summed E-state index contributed by atoms with van der Waals surface area (Å²) >= 11 is 0. The molecule has 118 valence electrons. The van der Waals surface area contributed by atoms with E-state index < -0.39 is 0 Å². The first-order valence-electron chi connectivity index (χ1n) is 7.52. The number of hydrogen-bond acceptors (Lipinski definition) is 4. The van der Waals surface area contributed by atoms with Crippen molar-refractivity contribution in [3.63, 3.8) is 0 Å². The molecule has 0 aliphatic carbocycles. The normalized spacial score (nSPS) is 10.7. The van der Waals surface area contributed by atoms with Gasteiger partial charge in [0.15, 0.2) is 0 Å². The first-order valence-corrected chi connectivity index (χ1v) is 7.52. The van der Waals surface area contributed by atoms with E-state index in [0.29, 0.717) is 35.7 Å². The third kappa shape index (κ3) is 3.18. The lowest BCUT2D eigenvalue weighted by Crippen LogP contribution is -2.05. The zero-order valence-electron chi connectivity index (χ0n) is 13.2. The number of ether oxygens (including phenoxy) is 2. The third-order valence-electron chi connectivity index (χ3n) is 3.51. The monoisotopic (exact) mass is 310 g/mol. The molecule has 0 unspecified atom stereocenters. The van der Waals surface area contributed by atoms with Gasteiger partial charge >= 0.3 is 5.97 Å². The Morgan fingerprint density at radius 3 is 2.74 bits per heavy atom. The summed E-state index contributed by atoms with van der Waals surface area (Å²) in [5.74, 6) is 0.326. The number of nitrogens with zero attached hydrogens (tertiary/aromatic N) is 2. The maximum Gasteiger partial charge on any atom is 0.342 e. The number of pyridine rings is 1. The van der Waals surface area contributed by atoms with Crippen LogP contribution in [0.2, 0.25) is 0 Å². The molecule has 3 rings (SSSR count). The van der Waals surface area contributed by atoms with Gasteiger partial charge in [-0.05, 0) is 25.5 Å². The van der Waals surface area contributed by atoms with Gasteiger partial charge in [-0.25, -0.2) is 9.31 Å². The number of carbonyl (C=O) groups excluding carboxylic acids is 1. The highest BCUT2D eigenvalue weighted by molar-refractivity contribution is 5.98. The van der Waals surface area contributed by atoms with E-state index in [2.05, 4.69) is 5.10 Å². The lowest BCUT2D eigenvalue weighted by atomic mass is 10.2. The van der Waals surface area contributed by atoms with Crippen LogP contribution >= 0.6 is 0 Å². The molecule has 5 nitrogen and oxygen atoms in total. The molecule has 0 aliphatic heterocycles. The van der Waals surface area contributed by atoms with Crippen LogP contribution in [0.15, 0.2) is 48.7 Å². The molecule has 5 heteroatoms. The summed E-state index contributed by atoms with van der Waals surface area (Å²) < 4.78 is 12.6. The van der Waals surface area contributed by atoms with Crippen LogP contribution in [0.25, 0.3) is 5.52 Å². The molecule has 2 aromatic heterocycles. The highest BCUT2D eigenvalue weighted by Gasteiger charge is 2.18. The quantitative estimate of drug-likeness (QED) is 0.678. The number of carbonyl (C=O) groups is 1. The van der Waals surface area contributed by atoms with Gasteiger partial charge in [0.05, 0.1) is 17.8 Å². The second-order valence-electron chi connectivity index (χ2n) is 5.15. The number of esters is 1. The zero-order valence-corrected chi connectivity index (χ0v) is 13.2. The van der Waals surface area contributed by atoms with Crippen molar-refractivity contribution >= 4 is 11.5 Å². The Hall–Kier alpha value is -2.82. The molecule has 0 atom stereocenters. The molecule has 2 heterocycles. The van der Waals surface area contributed by atoms with Crippen molar-refractivity contribution in [3.05, 3.63) is 65.5 Å². The molecule has 0 amide bonds. The van der Waals surface area contributed by atoms with Gasteiger partial charge in [0, 0.05) is 12.3 Å². The van der Waals surface area contributed by atoms with E-state index in [1.165, 1.54) is 0 Å². The molecule has 0 saturated carbocycles. The van der Waals surface area contributed by atoms with Gasteiger partial charge in [-0.2, -0.15) is 5.10 Å². The molecule has 3 aromatic rings. The van der Waals surface area contributed by atoms with Gasteiger partial charge in [0.25, 0.3) is 0 Å². The molecular formula is C18H18N2O3. The maximum atomic E-state index is 12.1. The van der Waals surface area contributed by atoms with Crippen LogP contribution in [0.1, 0.15) is 28.5 Å². The lowest BCUT2D eigenvalue weighted by Gasteiger charge is -2.07. The van der Waals surface area contributed by atoms with Crippen molar-refractivity contribution in [3.8, 4) is 5.75 Å². The van der Waals surface area contributed by atoms with E-state index >= 15 is 0 Å². The summed E-state index contributed by atoms with van der Waals surface area (Å²) in [5.41, 5.74) is 2.90. The highest BCUT2D eigenvalue weighted by Crippen LogP contribution is 2.22.